The molecule has 0 N–H and O–H groups in total. The summed E-state index contributed by atoms with van der Waals surface area (Å²) in [6.45, 7) is 9.35. The van der Waals surface area contributed by atoms with Gasteiger partial charge in [0, 0.05) is 7.26 Å². The van der Waals surface area contributed by atoms with Gasteiger partial charge in [-0.1, -0.05) is 285 Å². The zero-order valence-electron chi connectivity index (χ0n) is 41.2. The van der Waals surface area contributed by atoms with E-state index < -0.39 is 7.26 Å². The van der Waals surface area contributed by atoms with Crippen molar-refractivity contribution >= 4 is 7.26 Å². The van der Waals surface area contributed by atoms with Gasteiger partial charge in [0.1, 0.15) is 0 Å². The maximum Gasteiger partial charge on any atom is 0.0594 e. The fraction of sp³-hybridized carbons (Fsp3) is 1.00. The van der Waals surface area contributed by atoms with Gasteiger partial charge < -0.3 is 0 Å². The van der Waals surface area contributed by atoms with E-state index in [2.05, 4.69) is 27.7 Å². The van der Waals surface area contributed by atoms with Crippen LogP contribution in [0.5, 0.6) is 0 Å². The molecule has 0 aliphatic carbocycles. The van der Waals surface area contributed by atoms with Crippen LogP contribution in [0.2, 0.25) is 0 Å². The number of rotatable bonds is 52. The predicted octanol–water partition coefficient (Wildman–Crippen LogP) is 21.8. The first-order valence-electron chi connectivity index (χ1n) is 28.1. The molecule has 0 fully saturated rings. The zero-order valence-corrected chi connectivity index (χ0v) is 42.1. The van der Waals surface area contributed by atoms with E-state index in [9.17, 15) is 0 Å². The van der Waals surface area contributed by atoms with E-state index in [1.54, 1.807) is 50.3 Å². The van der Waals surface area contributed by atoms with Crippen molar-refractivity contribution in [3.63, 3.8) is 0 Å². The van der Waals surface area contributed by atoms with E-state index >= 15 is 0 Å². The summed E-state index contributed by atoms with van der Waals surface area (Å²) in [7, 11) is -0.814. The van der Waals surface area contributed by atoms with Gasteiger partial charge in [0.25, 0.3) is 0 Å². The molecule has 0 aromatic rings. The van der Waals surface area contributed by atoms with Crippen LogP contribution in [-0.4, -0.2) is 24.6 Å². The molecule has 0 aromatic carbocycles. The number of hydrogen-bond donors (Lipinski definition) is 0. The first-order valence-corrected chi connectivity index (χ1v) is 30.6. The third-order valence-electron chi connectivity index (χ3n) is 13.9. The molecule has 0 aliphatic rings. The van der Waals surface area contributed by atoms with Crippen LogP contribution in [0.1, 0.15) is 336 Å². The lowest BCUT2D eigenvalue weighted by Crippen LogP contribution is -2.13. The van der Waals surface area contributed by atoms with Crippen LogP contribution in [-0.2, 0) is 0 Å². The van der Waals surface area contributed by atoms with Crippen LogP contribution in [0.3, 0.4) is 0 Å². The van der Waals surface area contributed by atoms with Gasteiger partial charge in [-0.25, -0.2) is 0 Å². The maximum atomic E-state index is 2.35. The molecule has 0 aliphatic heterocycles. The van der Waals surface area contributed by atoms with Crippen LogP contribution < -0.4 is 0 Å². The van der Waals surface area contributed by atoms with Gasteiger partial charge in [-0.05, 0) is 51.4 Å². The third kappa shape index (κ3) is 45.8. The molecule has 0 radical (unpaired) electrons. The molecule has 0 spiro atoms. The largest absolute Gasteiger partial charge is 0.0654 e. The van der Waals surface area contributed by atoms with Gasteiger partial charge in [-0.3, -0.25) is 0 Å². The number of hydrogen-bond acceptors (Lipinski definition) is 0. The highest BCUT2D eigenvalue weighted by molar-refractivity contribution is 7.75. The fourth-order valence-electron chi connectivity index (χ4n) is 9.82. The standard InChI is InChI=1S/C56H116P/c1-5-9-13-17-21-25-28-31-34-38-42-46-50-54-57(53-49-45-41-37-24-20-16-12-8-4,55-51-47-43-39-35-32-29-26-22-18-14-10-6-2)56-52-48-44-40-36-33-30-27-23-19-15-11-7-3/h5-56H2,1-4H3/q+1. The Labute approximate surface area is 366 Å². The van der Waals surface area contributed by atoms with Crippen molar-refractivity contribution in [3.05, 3.63) is 0 Å². The molecule has 0 saturated heterocycles. The summed E-state index contributed by atoms with van der Waals surface area (Å²) in [5.41, 5.74) is 0. The Morgan fingerprint density at radius 3 is 0.368 bits per heavy atom. The minimum Gasteiger partial charge on any atom is -0.0654 e. The minimum atomic E-state index is -0.814. The van der Waals surface area contributed by atoms with Crippen LogP contribution >= 0.6 is 7.26 Å². The van der Waals surface area contributed by atoms with Gasteiger partial charge in [0.05, 0.1) is 24.6 Å². The first-order chi connectivity index (χ1) is 28.2. The maximum absolute atomic E-state index is 2.35. The Bertz CT molecular complexity index is 611. The van der Waals surface area contributed by atoms with E-state index in [1.165, 1.54) is 283 Å². The second-order valence-electron chi connectivity index (χ2n) is 19.8. The van der Waals surface area contributed by atoms with Gasteiger partial charge in [-0.15, -0.1) is 0 Å². The lowest BCUT2D eigenvalue weighted by Gasteiger charge is -2.28. The predicted molar refractivity (Wildman–Crippen MR) is 271 cm³/mol. The Morgan fingerprint density at radius 1 is 0.140 bits per heavy atom. The molecule has 57 heavy (non-hydrogen) atoms. The molecule has 1 heteroatoms. The average Bonchev–Trinajstić information content (AvgIpc) is 3.22. The molecule has 0 aromatic heterocycles. The Hall–Kier alpha value is 0.430. The lowest BCUT2D eigenvalue weighted by molar-refractivity contribution is 0.540. The molecular weight excluding hydrogens is 704 g/mol. The van der Waals surface area contributed by atoms with Gasteiger partial charge in [-0.2, -0.15) is 0 Å². The SMILES string of the molecule is CCCCCCCCCCCCCCC[P+](CCCCCCCCCCC)(CCCCCCCCCCCCCCC)CCCCCCCCCCCCCCC. The van der Waals surface area contributed by atoms with Gasteiger partial charge >= 0.3 is 0 Å². The van der Waals surface area contributed by atoms with E-state index in [0.29, 0.717) is 0 Å². The van der Waals surface area contributed by atoms with Crippen molar-refractivity contribution in [2.45, 2.75) is 336 Å². The summed E-state index contributed by atoms with van der Waals surface area (Å²) < 4.78 is 0. The molecule has 0 bridgehead atoms. The van der Waals surface area contributed by atoms with E-state index in [0.717, 1.165) is 0 Å². The highest BCUT2D eigenvalue weighted by Crippen LogP contribution is 2.61. The van der Waals surface area contributed by atoms with Gasteiger partial charge in [0.15, 0.2) is 0 Å². The second kappa shape index (κ2) is 50.8. The summed E-state index contributed by atoms with van der Waals surface area (Å²) in [4.78, 5) is 0. The van der Waals surface area contributed by atoms with Crippen molar-refractivity contribution < 1.29 is 0 Å². The highest BCUT2D eigenvalue weighted by atomic mass is 31.2. The first kappa shape index (κ1) is 57.4. The van der Waals surface area contributed by atoms with Crippen molar-refractivity contribution in [2.75, 3.05) is 24.6 Å². The van der Waals surface area contributed by atoms with Crippen molar-refractivity contribution in [1.29, 1.82) is 0 Å². The zero-order chi connectivity index (χ0) is 41.3. The van der Waals surface area contributed by atoms with Crippen LogP contribution in [0.15, 0.2) is 0 Å². The average molecular weight is 821 g/mol. The Kier molecular flexibility index (Phi) is 51.2. The summed E-state index contributed by atoms with van der Waals surface area (Å²) in [6, 6.07) is 0. The summed E-state index contributed by atoms with van der Waals surface area (Å²) in [5, 5.41) is 0. The monoisotopic (exact) mass is 820 g/mol. The second-order valence-corrected chi connectivity index (χ2v) is 24.3. The van der Waals surface area contributed by atoms with E-state index in [-0.39, 0.29) is 0 Å². The molecule has 0 unspecified atom stereocenters. The molecule has 0 nitrogen and oxygen atoms in total. The molecule has 0 heterocycles. The van der Waals surface area contributed by atoms with Crippen LogP contribution in [0.25, 0.3) is 0 Å². The quantitative estimate of drug-likeness (QED) is 0.0424. The van der Waals surface area contributed by atoms with Gasteiger partial charge in [0.2, 0.25) is 0 Å². The molecule has 0 rings (SSSR count). The van der Waals surface area contributed by atoms with Crippen molar-refractivity contribution in [2.24, 2.45) is 0 Å². The Balaban J connectivity index is 4.86. The smallest absolute Gasteiger partial charge is 0.0594 e. The third-order valence-corrected chi connectivity index (χ3v) is 19.0. The van der Waals surface area contributed by atoms with Crippen molar-refractivity contribution in [3.8, 4) is 0 Å². The normalized spacial score (nSPS) is 12.0. The van der Waals surface area contributed by atoms with Crippen LogP contribution in [0.4, 0.5) is 0 Å². The van der Waals surface area contributed by atoms with Crippen LogP contribution in [0, 0.1) is 0 Å². The number of unbranched alkanes of at least 4 members (excludes halogenated alkanes) is 44. The molecular formula is C56H116P+. The summed E-state index contributed by atoms with van der Waals surface area (Å²) in [5.74, 6) is 0. The minimum absolute atomic E-state index is 0.814. The summed E-state index contributed by atoms with van der Waals surface area (Å²) in [6.07, 6.45) is 78.3. The lowest BCUT2D eigenvalue weighted by atomic mass is 10.0. The topological polar surface area (TPSA) is 0 Å². The summed E-state index contributed by atoms with van der Waals surface area (Å²) >= 11 is 0. The highest BCUT2D eigenvalue weighted by Gasteiger charge is 2.35. The molecule has 0 amide bonds. The molecule has 0 saturated carbocycles. The van der Waals surface area contributed by atoms with E-state index in [1.807, 2.05) is 0 Å². The van der Waals surface area contributed by atoms with Crippen molar-refractivity contribution in [1.82, 2.24) is 0 Å². The fourth-order valence-corrected chi connectivity index (χ4v) is 14.7. The van der Waals surface area contributed by atoms with E-state index in [4.69, 9.17) is 0 Å². The Morgan fingerprint density at radius 2 is 0.246 bits per heavy atom. The molecule has 0 atom stereocenters. The molecule has 344 valence electrons.